The molecule has 0 N–H and O–H groups in total. The van der Waals surface area contributed by atoms with E-state index < -0.39 is 0 Å². The van der Waals surface area contributed by atoms with E-state index in [4.69, 9.17) is 0 Å². The van der Waals surface area contributed by atoms with Gasteiger partial charge >= 0.3 is 0 Å². The summed E-state index contributed by atoms with van der Waals surface area (Å²) in [6, 6.07) is 57.0. The summed E-state index contributed by atoms with van der Waals surface area (Å²) < 4.78 is 0. The number of nitrogens with zero attached hydrogens (tertiary/aromatic N) is 1. The Kier molecular flexibility index (Phi) is 6.97. The Balaban J connectivity index is 1.24. The average molecular weight is 672 g/mol. The Bertz CT molecular complexity index is 2600. The summed E-state index contributed by atoms with van der Waals surface area (Å²) in [7, 11) is 0. The van der Waals surface area contributed by atoms with Gasteiger partial charge in [-0.3, -0.25) is 0 Å². The number of hydrogen-bond donors (Lipinski definition) is 0. The van der Waals surface area contributed by atoms with Crippen molar-refractivity contribution in [1.29, 1.82) is 0 Å². The van der Waals surface area contributed by atoms with Gasteiger partial charge in [0.2, 0.25) is 0 Å². The Morgan fingerprint density at radius 2 is 1.13 bits per heavy atom. The van der Waals surface area contributed by atoms with E-state index in [1.165, 1.54) is 102 Å². The summed E-state index contributed by atoms with van der Waals surface area (Å²) in [6.07, 6.45) is 3.68. The van der Waals surface area contributed by atoms with Crippen LogP contribution in [0.3, 0.4) is 0 Å². The standard InChI is InChI=1S/C51H45N/c1-50(2,3)37-28-29-51(4)46(31-37)45-30-36(22-27-47(45)52(51)38-18-12-7-13-19-38)44-32-43(34-16-10-6-11-17-34)41-24-21-35-20-23-39(33-14-8-5-9-15-33)40-25-26-42(44)49(41)48(35)40/h5-27,30,32,37,46H,28-29,31H2,1-4H3. The van der Waals surface area contributed by atoms with Crippen molar-refractivity contribution < 1.29 is 0 Å². The highest BCUT2D eigenvalue weighted by Gasteiger charge is 2.53. The lowest BCUT2D eigenvalue weighted by Gasteiger charge is -2.49. The second-order valence-electron chi connectivity index (χ2n) is 16.8. The molecule has 0 spiro atoms. The second-order valence-corrected chi connectivity index (χ2v) is 16.8. The first-order valence-electron chi connectivity index (χ1n) is 19.1. The minimum atomic E-state index is 0.0375. The molecule has 10 rings (SSSR count). The molecule has 1 saturated carbocycles. The van der Waals surface area contributed by atoms with Crippen molar-refractivity contribution >= 4 is 43.7 Å². The van der Waals surface area contributed by atoms with Gasteiger partial charge in [-0.1, -0.05) is 142 Å². The van der Waals surface area contributed by atoms with Gasteiger partial charge in [0.15, 0.2) is 0 Å². The zero-order chi connectivity index (χ0) is 35.2. The lowest BCUT2D eigenvalue weighted by molar-refractivity contribution is 0.127. The number of hydrogen-bond acceptors (Lipinski definition) is 1. The number of anilines is 2. The molecule has 1 heteroatoms. The van der Waals surface area contributed by atoms with Gasteiger partial charge in [-0.2, -0.15) is 0 Å². The Labute approximate surface area is 307 Å². The predicted molar refractivity (Wildman–Crippen MR) is 223 cm³/mol. The summed E-state index contributed by atoms with van der Waals surface area (Å²) in [6.45, 7) is 9.87. The van der Waals surface area contributed by atoms with Crippen molar-refractivity contribution in [3.63, 3.8) is 0 Å². The molecule has 0 radical (unpaired) electrons. The largest absolute Gasteiger partial charge is 0.335 e. The van der Waals surface area contributed by atoms with Gasteiger partial charge in [0.25, 0.3) is 0 Å². The zero-order valence-electron chi connectivity index (χ0n) is 30.7. The van der Waals surface area contributed by atoms with Gasteiger partial charge in [-0.05, 0) is 139 Å². The molecule has 8 aromatic carbocycles. The molecule has 0 aromatic heterocycles. The first kappa shape index (κ1) is 31.3. The Morgan fingerprint density at radius 3 is 1.81 bits per heavy atom. The third-order valence-electron chi connectivity index (χ3n) is 12.9. The fourth-order valence-corrected chi connectivity index (χ4v) is 10.2. The number of fused-ring (bicyclic) bond motifs is 3. The molecule has 52 heavy (non-hydrogen) atoms. The molecule has 254 valence electrons. The van der Waals surface area contributed by atoms with Gasteiger partial charge in [-0.15, -0.1) is 0 Å². The van der Waals surface area contributed by atoms with Crippen LogP contribution in [0.1, 0.15) is 58.4 Å². The van der Waals surface area contributed by atoms with E-state index in [9.17, 15) is 0 Å². The van der Waals surface area contributed by atoms with Crippen LogP contribution in [0.15, 0.2) is 152 Å². The van der Waals surface area contributed by atoms with Crippen LogP contribution in [-0.4, -0.2) is 5.54 Å². The molecule has 0 amide bonds. The van der Waals surface area contributed by atoms with E-state index in [0.29, 0.717) is 11.8 Å². The maximum absolute atomic E-state index is 2.69. The zero-order valence-corrected chi connectivity index (χ0v) is 30.7. The highest BCUT2D eigenvalue weighted by molar-refractivity contribution is 6.30. The minimum Gasteiger partial charge on any atom is -0.335 e. The van der Waals surface area contributed by atoms with Crippen LogP contribution in [0.5, 0.6) is 0 Å². The maximum Gasteiger partial charge on any atom is 0.0492 e. The van der Waals surface area contributed by atoms with Gasteiger partial charge in [0.05, 0.1) is 0 Å². The summed E-state index contributed by atoms with van der Waals surface area (Å²) >= 11 is 0. The average Bonchev–Trinajstić information content (AvgIpc) is 3.44. The lowest BCUT2D eigenvalue weighted by Crippen LogP contribution is -2.48. The molecule has 1 aliphatic carbocycles. The van der Waals surface area contributed by atoms with Gasteiger partial charge < -0.3 is 4.90 Å². The maximum atomic E-state index is 2.69. The second kappa shape index (κ2) is 11.6. The third-order valence-corrected chi connectivity index (χ3v) is 12.9. The van der Waals surface area contributed by atoms with Crippen molar-refractivity contribution in [2.75, 3.05) is 4.90 Å². The summed E-state index contributed by atoms with van der Waals surface area (Å²) in [5, 5.41) is 7.98. The molecule has 3 atom stereocenters. The summed E-state index contributed by atoms with van der Waals surface area (Å²) in [5.74, 6) is 1.15. The van der Waals surface area contributed by atoms with Crippen molar-refractivity contribution in [2.45, 2.75) is 58.4 Å². The monoisotopic (exact) mass is 671 g/mol. The third kappa shape index (κ3) is 4.68. The molecule has 3 unspecified atom stereocenters. The Morgan fingerprint density at radius 1 is 0.558 bits per heavy atom. The molecule has 1 aliphatic heterocycles. The number of benzene rings is 8. The number of para-hydroxylation sites is 1. The van der Waals surface area contributed by atoms with Crippen LogP contribution in [0, 0.1) is 11.3 Å². The van der Waals surface area contributed by atoms with Crippen LogP contribution in [0.25, 0.3) is 65.7 Å². The van der Waals surface area contributed by atoms with Crippen molar-refractivity contribution in [1.82, 2.24) is 0 Å². The van der Waals surface area contributed by atoms with Gasteiger partial charge in [-0.25, -0.2) is 0 Å². The fraction of sp³-hybridized carbons (Fsp3) is 0.216. The van der Waals surface area contributed by atoms with Crippen LogP contribution in [-0.2, 0) is 0 Å². The molecule has 8 aromatic rings. The van der Waals surface area contributed by atoms with E-state index in [-0.39, 0.29) is 11.0 Å². The normalized spacial score (nSPS) is 20.1. The van der Waals surface area contributed by atoms with Crippen LogP contribution >= 0.6 is 0 Å². The van der Waals surface area contributed by atoms with E-state index in [1.807, 2.05) is 0 Å². The smallest absolute Gasteiger partial charge is 0.0492 e. The molecule has 1 nitrogen and oxygen atoms in total. The summed E-state index contributed by atoms with van der Waals surface area (Å²) in [5.41, 5.74) is 12.3. The van der Waals surface area contributed by atoms with E-state index in [0.717, 1.165) is 0 Å². The SMILES string of the molecule is CC(C)(C)C1CCC2(C)C(C1)c1cc(-c3cc(-c4ccccc4)c4ccc5ccc(-c6ccccc6)c6ccc3c4c56)ccc1N2c1ccccc1. The van der Waals surface area contributed by atoms with Crippen LogP contribution in [0.4, 0.5) is 11.4 Å². The minimum absolute atomic E-state index is 0.0375. The first-order valence-corrected chi connectivity index (χ1v) is 19.1. The molecule has 0 saturated heterocycles. The van der Waals surface area contributed by atoms with Crippen molar-refractivity contribution in [2.24, 2.45) is 11.3 Å². The summed E-state index contributed by atoms with van der Waals surface area (Å²) in [4.78, 5) is 2.69. The van der Waals surface area contributed by atoms with Crippen LogP contribution in [0.2, 0.25) is 0 Å². The predicted octanol–water partition coefficient (Wildman–Crippen LogP) is 14.4. The highest BCUT2D eigenvalue weighted by Crippen LogP contribution is 2.61. The molecular formula is C51H45N. The molecule has 0 bridgehead atoms. The molecule has 1 fully saturated rings. The number of rotatable bonds is 4. The van der Waals surface area contributed by atoms with Gasteiger partial charge in [0.1, 0.15) is 0 Å². The van der Waals surface area contributed by atoms with Crippen molar-refractivity contribution in [3.8, 4) is 33.4 Å². The fourth-order valence-electron chi connectivity index (χ4n) is 10.2. The highest BCUT2D eigenvalue weighted by atomic mass is 15.2. The first-order chi connectivity index (χ1) is 25.3. The van der Waals surface area contributed by atoms with Crippen LogP contribution < -0.4 is 4.90 Å². The van der Waals surface area contributed by atoms with Gasteiger partial charge in [0, 0.05) is 22.8 Å². The molecule has 1 heterocycles. The Hall–Kier alpha value is -5.40. The van der Waals surface area contributed by atoms with E-state index >= 15 is 0 Å². The van der Waals surface area contributed by atoms with Crippen molar-refractivity contribution in [3.05, 3.63) is 157 Å². The topological polar surface area (TPSA) is 3.24 Å². The van der Waals surface area contributed by atoms with E-state index in [1.54, 1.807) is 0 Å². The molecular weight excluding hydrogens is 627 g/mol. The molecule has 2 aliphatic rings. The quantitative estimate of drug-likeness (QED) is 0.168. The van der Waals surface area contributed by atoms with E-state index in [2.05, 4.69) is 184 Å². The lowest BCUT2D eigenvalue weighted by atomic mass is 9.62.